The van der Waals surface area contributed by atoms with E-state index in [9.17, 15) is 9.59 Å². The number of aromatic nitrogens is 3. The molecule has 0 radical (unpaired) electrons. The number of nitrogens with one attached hydrogen (secondary N) is 2. The third kappa shape index (κ3) is 3.07. The zero-order chi connectivity index (χ0) is 15.4. The lowest BCUT2D eigenvalue weighted by atomic mass is 10.1. The normalized spacial score (nSPS) is 11.9. The summed E-state index contributed by atoms with van der Waals surface area (Å²) in [5.74, 6) is -2.53. The second-order valence-electron chi connectivity index (χ2n) is 4.56. The number of amides is 1. The van der Waals surface area contributed by atoms with E-state index in [1.807, 2.05) is 19.1 Å². The smallest absolute Gasteiger partial charge is 0.315 e. The predicted molar refractivity (Wildman–Crippen MR) is 76.6 cm³/mol. The molecule has 2 aromatic heterocycles. The third-order valence-electron chi connectivity index (χ3n) is 3.19. The molecule has 0 fully saturated rings. The SMILES string of the molecule is CCc1c(NC(=O)C(C)C(=O)O)n[nH]c1-c1ccncc1. The summed E-state index contributed by atoms with van der Waals surface area (Å²) in [7, 11) is 0. The van der Waals surface area contributed by atoms with Gasteiger partial charge in [-0.1, -0.05) is 6.92 Å². The van der Waals surface area contributed by atoms with Crippen LogP contribution in [0.25, 0.3) is 11.3 Å². The van der Waals surface area contributed by atoms with Gasteiger partial charge >= 0.3 is 5.97 Å². The average molecular weight is 288 g/mol. The zero-order valence-electron chi connectivity index (χ0n) is 11.8. The van der Waals surface area contributed by atoms with E-state index in [-0.39, 0.29) is 0 Å². The number of anilines is 1. The lowest BCUT2D eigenvalue weighted by Crippen LogP contribution is -2.27. The van der Waals surface area contributed by atoms with Gasteiger partial charge in [0.1, 0.15) is 5.92 Å². The Morgan fingerprint density at radius 1 is 1.38 bits per heavy atom. The summed E-state index contributed by atoms with van der Waals surface area (Å²) in [4.78, 5) is 26.6. The monoisotopic (exact) mass is 288 g/mol. The van der Waals surface area contributed by atoms with Crippen LogP contribution < -0.4 is 5.32 Å². The van der Waals surface area contributed by atoms with E-state index < -0.39 is 17.8 Å². The fraction of sp³-hybridized carbons (Fsp3) is 0.286. The number of carbonyl (C=O) groups excluding carboxylic acids is 1. The molecule has 0 saturated carbocycles. The second-order valence-corrected chi connectivity index (χ2v) is 4.56. The van der Waals surface area contributed by atoms with Crippen LogP contribution in [-0.4, -0.2) is 32.2 Å². The second kappa shape index (κ2) is 6.17. The standard InChI is InChI=1S/C14H16N4O3/c1-3-10-11(9-4-6-15-7-5-9)17-18-12(10)16-13(19)8(2)14(20)21/h4-8H,3H2,1-2H3,(H,20,21)(H2,16,17,18,19). The quantitative estimate of drug-likeness (QED) is 0.726. The number of H-pyrrole nitrogens is 1. The van der Waals surface area contributed by atoms with E-state index in [0.717, 1.165) is 16.8 Å². The Hall–Kier alpha value is -2.70. The Morgan fingerprint density at radius 2 is 2.05 bits per heavy atom. The van der Waals surface area contributed by atoms with Crippen LogP contribution in [0.4, 0.5) is 5.82 Å². The minimum Gasteiger partial charge on any atom is -0.481 e. The molecule has 7 nitrogen and oxygen atoms in total. The van der Waals surface area contributed by atoms with Gasteiger partial charge in [-0.15, -0.1) is 0 Å². The molecule has 110 valence electrons. The van der Waals surface area contributed by atoms with Crippen LogP contribution in [0.15, 0.2) is 24.5 Å². The molecule has 3 N–H and O–H groups in total. The molecule has 1 unspecified atom stereocenters. The molecule has 21 heavy (non-hydrogen) atoms. The molecule has 2 aromatic rings. The Labute approximate surface area is 121 Å². The molecule has 0 aromatic carbocycles. The summed E-state index contributed by atoms with van der Waals surface area (Å²) >= 11 is 0. The maximum atomic E-state index is 11.8. The molecule has 1 amide bonds. The predicted octanol–water partition coefficient (Wildman–Crippen LogP) is 1.69. The maximum absolute atomic E-state index is 11.8. The van der Waals surface area contributed by atoms with Crippen LogP contribution in [0.3, 0.4) is 0 Å². The molecule has 0 saturated heterocycles. The van der Waals surface area contributed by atoms with Crippen LogP contribution in [0, 0.1) is 5.92 Å². The fourth-order valence-corrected chi connectivity index (χ4v) is 1.91. The summed E-state index contributed by atoms with van der Waals surface area (Å²) < 4.78 is 0. The molecule has 0 aliphatic carbocycles. The van der Waals surface area contributed by atoms with Crippen molar-refractivity contribution in [3.8, 4) is 11.3 Å². The van der Waals surface area contributed by atoms with Crippen molar-refractivity contribution in [1.82, 2.24) is 15.2 Å². The number of hydrogen-bond donors (Lipinski definition) is 3. The van der Waals surface area contributed by atoms with Gasteiger partial charge in [0.15, 0.2) is 5.82 Å². The third-order valence-corrected chi connectivity index (χ3v) is 3.19. The van der Waals surface area contributed by atoms with Gasteiger partial charge in [0, 0.05) is 23.5 Å². The van der Waals surface area contributed by atoms with Crippen molar-refractivity contribution in [3.63, 3.8) is 0 Å². The van der Waals surface area contributed by atoms with Crippen LogP contribution in [-0.2, 0) is 16.0 Å². The molecular formula is C14H16N4O3. The van der Waals surface area contributed by atoms with E-state index in [0.29, 0.717) is 12.2 Å². The van der Waals surface area contributed by atoms with Gasteiger partial charge in [0.25, 0.3) is 0 Å². The first-order chi connectivity index (χ1) is 10.0. The first-order valence-electron chi connectivity index (χ1n) is 6.55. The minimum atomic E-state index is -1.17. The molecule has 0 aliphatic rings. The number of carbonyl (C=O) groups is 2. The summed E-state index contributed by atoms with van der Waals surface area (Å²) in [6.07, 6.45) is 3.98. The Bertz CT molecular complexity index is 651. The molecule has 2 heterocycles. The van der Waals surface area contributed by atoms with Crippen LogP contribution in [0.5, 0.6) is 0 Å². The van der Waals surface area contributed by atoms with Crippen molar-refractivity contribution in [2.45, 2.75) is 20.3 Å². The van der Waals surface area contributed by atoms with Crippen molar-refractivity contribution >= 4 is 17.7 Å². The number of aliphatic carboxylic acids is 1. The van der Waals surface area contributed by atoms with Gasteiger partial charge in [-0.3, -0.25) is 19.7 Å². The van der Waals surface area contributed by atoms with E-state index in [1.165, 1.54) is 6.92 Å². The summed E-state index contributed by atoms with van der Waals surface area (Å²) in [5, 5.41) is 18.3. The highest BCUT2D eigenvalue weighted by Crippen LogP contribution is 2.27. The van der Waals surface area contributed by atoms with E-state index >= 15 is 0 Å². The lowest BCUT2D eigenvalue weighted by molar-refractivity contribution is -0.144. The summed E-state index contributed by atoms with van der Waals surface area (Å²) in [6, 6.07) is 3.66. The zero-order valence-corrected chi connectivity index (χ0v) is 11.8. The number of aromatic amines is 1. The molecule has 0 bridgehead atoms. The summed E-state index contributed by atoms with van der Waals surface area (Å²) in [6.45, 7) is 3.27. The number of pyridine rings is 1. The minimum absolute atomic E-state index is 0.363. The largest absolute Gasteiger partial charge is 0.481 e. The lowest BCUT2D eigenvalue weighted by Gasteiger charge is -2.08. The van der Waals surface area contributed by atoms with Crippen molar-refractivity contribution in [3.05, 3.63) is 30.1 Å². The maximum Gasteiger partial charge on any atom is 0.315 e. The van der Waals surface area contributed by atoms with Crippen molar-refractivity contribution < 1.29 is 14.7 Å². The number of carboxylic acids is 1. The van der Waals surface area contributed by atoms with Crippen molar-refractivity contribution in [2.24, 2.45) is 5.92 Å². The highest BCUT2D eigenvalue weighted by molar-refractivity contribution is 6.04. The number of rotatable bonds is 5. The van der Waals surface area contributed by atoms with Gasteiger partial charge in [-0.2, -0.15) is 5.10 Å². The van der Waals surface area contributed by atoms with Gasteiger partial charge in [0.05, 0.1) is 5.69 Å². The average Bonchev–Trinajstić information content (AvgIpc) is 2.89. The molecular weight excluding hydrogens is 272 g/mol. The van der Waals surface area contributed by atoms with E-state index in [4.69, 9.17) is 5.11 Å². The van der Waals surface area contributed by atoms with Crippen LogP contribution >= 0.6 is 0 Å². The first kappa shape index (κ1) is 14.7. The van der Waals surface area contributed by atoms with Gasteiger partial charge in [-0.25, -0.2) is 0 Å². The number of nitrogens with zero attached hydrogens (tertiary/aromatic N) is 2. The van der Waals surface area contributed by atoms with Gasteiger partial charge < -0.3 is 10.4 Å². The van der Waals surface area contributed by atoms with E-state index in [2.05, 4.69) is 20.5 Å². The van der Waals surface area contributed by atoms with Crippen molar-refractivity contribution in [1.29, 1.82) is 0 Å². The summed E-state index contributed by atoms with van der Waals surface area (Å²) in [5.41, 5.74) is 2.52. The Kier molecular flexibility index (Phi) is 4.32. The number of carboxylic acid groups (broad SMARTS) is 1. The topological polar surface area (TPSA) is 108 Å². The van der Waals surface area contributed by atoms with Crippen molar-refractivity contribution in [2.75, 3.05) is 5.32 Å². The van der Waals surface area contributed by atoms with Gasteiger partial charge in [0.2, 0.25) is 5.91 Å². The number of hydrogen-bond acceptors (Lipinski definition) is 4. The highest BCUT2D eigenvalue weighted by Gasteiger charge is 2.23. The van der Waals surface area contributed by atoms with E-state index in [1.54, 1.807) is 12.4 Å². The molecule has 1 atom stereocenters. The highest BCUT2D eigenvalue weighted by atomic mass is 16.4. The Morgan fingerprint density at radius 3 is 2.62 bits per heavy atom. The Balaban J connectivity index is 2.29. The van der Waals surface area contributed by atoms with Gasteiger partial charge in [-0.05, 0) is 25.5 Å². The first-order valence-corrected chi connectivity index (χ1v) is 6.55. The van der Waals surface area contributed by atoms with Crippen LogP contribution in [0.1, 0.15) is 19.4 Å². The molecule has 0 aliphatic heterocycles. The fourth-order valence-electron chi connectivity index (χ4n) is 1.91. The molecule has 7 heteroatoms. The molecule has 2 rings (SSSR count). The molecule has 0 spiro atoms. The van der Waals surface area contributed by atoms with Crippen LogP contribution in [0.2, 0.25) is 0 Å².